The van der Waals surface area contributed by atoms with Gasteiger partial charge in [-0.05, 0) is 30.7 Å². The average molecular weight is 432 g/mol. The lowest BCUT2D eigenvalue weighted by atomic mass is 10.0. The summed E-state index contributed by atoms with van der Waals surface area (Å²) in [6, 6.07) is 6.63. The molecule has 3 heteroatoms. The van der Waals surface area contributed by atoms with Crippen molar-refractivity contribution < 1.29 is 9.90 Å². The van der Waals surface area contributed by atoms with Crippen molar-refractivity contribution in [3.05, 3.63) is 24.3 Å². The highest BCUT2D eigenvalue weighted by atomic mass is 16.3. The van der Waals surface area contributed by atoms with E-state index in [9.17, 15) is 9.90 Å². The van der Waals surface area contributed by atoms with E-state index >= 15 is 0 Å². The zero-order valence-electron chi connectivity index (χ0n) is 20.3. The summed E-state index contributed by atoms with van der Waals surface area (Å²) in [6.07, 6.45) is 26.5. The lowest BCUT2D eigenvalue weighted by Crippen LogP contribution is -2.10. The number of nitrogens with one attached hydrogen (secondary N) is 1. The number of benzene rings is 1. The highest BCUT2D eigenvalue weighted by molar-refractivity contribution is 5.90. The van der Waals surface area contributed by atoms with E-state index in [1.165, 1.54) is 109 Å². The van der Waals surface area contributed by atoms with Gasteiger partial charge in [-0.1, -0.05) is 122 Å². The summed E-state index contributed by atoms with van der Waals surface area (Å²) in [5, 5.41) is 12.1. The zero-order chi connectivity index (χ0) is 22.4. The Kier molecular flexibility index (Phi) is 18.1. The molecule has 0 aromatic heterocycles. The maximum Gasteiger partial charge on any atom is 0.224 e. The van der Waals surface area contributed by atoms with E-state index in [2.05, 4.69) is 12.2 Å². The van der Waals surface area contributed by atoms with Crippen LogP contribution < -0.4 is 5.32 Å². The summed E-state index contributed by atoms with van der Waals surface area (Å²) < 4.78 is 0. The second kappa shape index (κ2) is 20.4. The van der Waals surface area contributed by atoms with Crippen molar-refractivity contribution in [2.24, 2.45) is 0 Å². The third-order valence-corrected chi connectivity index (χ3v) is 6.16. The van der Waals surface area contributed by atoms with Crippen LogP contribution >= 0.6 is 0 Å². The minimum absolute atomic E-state index is 0.0673. The Bertz CT molecular complexity index is 526. The van der Waals surface area contributed by atoms with Gasteiger partial charge in [-0.3, -0.25) is 4.79 Å². The fourth-order valence-electron chi connectivity index (χ4n) is 4.13. The zero-order valence-corrected chi connectivity index (χ0v) is 20.3. The van der Waals surface area contributed by atoms with E-state index in [1.807, 2.05) is 0 Å². The van der Waals surface area contributed by atoms with Gasteiger partial charge in [0, 0.05) is 12.1 Å². The van der Waals surface area contributed by atoms with Gasteiger partial charge < -0.3 is 10.4 Å². The molecular weight excluding hydrogens is 382 g/mol. The van der Waals surface area contributed by atoms with Crippen molar-refractivity contribution in [2.75, 3.05) is 5.32 Å². The number of unbranched alkanes of at least 4 members (excludes halogenated alkanes) is 18. The summed E-state index contributed by atoms with van der Waals surface area (Å²) in [4.78, 5) is 11.9. The van der Waals surface area contributed by atoms with Crippen LogP contribution in [-0.4, -0.2) is 11.0 Å². The Morgan fingerprint density at radius 1 is 0.613 bits per heavy atom. The summed E-state index contributed by atoms with van der Waals surface area (Å²) in [5.41, 5.74) is 0.751. The normalized spacial score (nSPS) is 11.0. The smallest absolute Gasteiger partial charge is 0.224 e. The quantitative estimate of drug-likeness (QED) is 0.150. The molecular formula is C28H49NO2. The fraction of sp³-hybridized carbons (Fsp3) is 0.750. The molecule has 0 aliphatic heterocycles. The van der Waals surface area contributed by atoms with Crippen molar-refractivity contribution in [1.29, 1.82) is 0 Å². The molecule has 2 N–H and O–H groups in total. The Hall–Kier alpha value is -1.51. The molecule has 0 saturated heterocycles. The third-order valence-electron chi connectivity index (χ3n) is 6.16. The van der Waals surface area contributed by atoms with Crippen molar-refractivity contribution in [1.82, 2.24) is 0 Å². The van der Waals surface area contributed by atoms with Crippen molar-refractivity contribution >= 4 is 11.6 Å². The summed E-state index contributed by atoms with van der Waals surface area (Å²) in [6.45, 7) is 2.29. The molecule has 3 nitrogen and oxygen atoms in total. The SMILES string of the molecule is CCCCCCCCCCCCCCCCCCCCCC(=O)Nc1ccc(O)cc1. The molecule has 0 aliphatic rings. The van der Waals surface area contributed by atoms with Gasteiger partial charge in [0.25, 0.3) is 0 Å². The topological polar surface area (TPSA) is 49.3 Å². The second-order valence-corrected chi connectivity index (χ2v) is 9.21. The predicted octanol–water partition coefficient (Wildman–Crippen LogP) is 9.15. The standard InChI is InChI=1S/C28H49NO2/c1-2-3-4-5-6-7-8-9-10-11-12-13-14-15-16-17-18-19-20-21-28(31)29-26-22-24-27(30)25-23-26/h22-25,30H,2-21H2,1H3,(H,29,31). The van der Waals surface area contributed by atoms with E-state index in [0.29, 0.717) is 6.42 Å². The van der Waals surface area contributed by atoms with Crippen LogP contribution in [0.4, 0.5) is 5.69 Å². The largest absolute Gasteiger partial charge is 0.508 e. The predicted molar refractivity (Wildman–Crippen MR) is 135 cm³/mol. The van der Waals surface area contributed by atoms with Crippen LogP contribution in [0.15, 0.2) is 24.3 Å². The lowest BCUT2D eigenvalue weighted by Gasteiger charge is -2.06. The van der Waals surface area contributed by atoms with Gasteiger partial charge in [0.15, 0.2) is 0 Å². The van der Waals surface area contributed by atoms with Gasteiger partial charge in [0.1, 0.15) is 5.75 Å². The van der Waals surface area contributed by atoms with Gasteiger partial charge >= 0.3 is 0 Å². The van der Waals surface area contributed by atoms with Crippen LogP contribution in [0.5, 0.6) is 5.75 Å². The number of aromatic hydroxyl groups is 1. The molecule has 1 aromatic carbocycles. The van der Waals surface area contributed by atoms with Gasteiger partial charge in [-0.2, -0.15) is 0 Å². The van der Waals surface area contributed by atoms with Crippen LogP contribution in [0, 0.1) is 0 Å². The molecule has 0 heterocycles. The molecule has 0 aliphatic carbocycles. The molecule has 178 valence electrons. The number of hydrogen-bond acceptors (Lipinski definition) is 2. The molecule has 0 radical (unpaired) electrons. The molecule has 0 atom stereocenters. The van der Waals surface area contributed by atoms with Crippen molar-refractivity contribution in [3.63, 3.8) is 0 Å². The molecule has 1 rings (SSSR count). The number of rotatable bonds is 21. The van der Waals surface area contributed by atoms with Gasteiger partial charge in [0.05, 0.1) is 0 Å². The van der Waals surface area contributed by atoms with E-state index in [-0.39, 0.29) is 11.7 Å². The van der Waals surface area contributed by atoms with Crippen molar-refractivity contribution in [2.45, 2.75) is 135 Å². The summed E-state index contributed by atoms with van der Waals surface area (Å²) in [7, 11) is 0. The molecule has 0 spiro atoms. The highest BCUT2D eigenvalue weighted by Crippen LogP contribution is 2.16. The number of carbonyl (C=O) groups is 1. The van der Waals surface area contributed by atoms with Crippen LogP contribution in [0.2, 0.25) is 0 Å². The molecule has 0 bridgehead atoms. The average Bonchev–Trinajstić information content (AvgIpc) is 2.77. The van der Waals surface area contributed by atoms with Crippen LogP contribution in [0.3, 0.4) is 0 Å². The minimum atomic E-state index is 0.0673. The second-order valence-electron chi connectivity index (χ2n) is 9.21. The monoisotopic (exact) mass is 431 g/mol. The van der Waals surface area contributed by atoms with E-state index in [0.717, 1.165) is 18.5 Å². The Morgan fingerprint density at radius 3 is 1.35 bits per heavy atom. The lowest BCUT2D eigenvalue weighted by molar-refractivity contribution is -0.116. The number of phenols is 1. The molecule has 1 amide bonds. The maximum absolute atomic E-state index is 11.9. The van der Waals surface area contributed by atoms with Crippen molar-refractivity contribution in [3.8, 4) is 5.75 Å². The summed E-state index contributed by atoms with van der Waals surface area (Å²) in [5.74, 6) is 0.287. The number of amides is 1. The van der Waals surface area contributed by atoms with Crippen LogP contribution in [0.1, 0.15) is 135 Å². The molecule has 1 aromatic rings. The maximum atomic E-state index is 11.9. The molecule has 0 unspecified atom stereocenters. The Morgan fingerprint density at radius 2 is 0.968 bits per heavy atom. The first-order chi connectivity index (χ1) is 15.2. The molecule has 0 fully saturated rings. The first-order valence-electron chi connectivity index (χ1n) is 13.3. The summed E-state index contributed by atoms with van der Waals surface area (Å²) >= 11 is 0. The molecule has 31 heavy (non-hydrogen) atoms. The third kappa shape index (κ3) is 17.8. The van der Waals surface area contributed by atoms with E-state index in [4.69, 9.17) is 0 Å². The number of anilines is 1. The number of hydrogen-bond donors (Lipinski definition) is 2. The van der Waals surface area contributed by atoms with Gasteiger partial charge in [-0.25, -0.2) is 0 Å². The first kappa shape index (κ1) is 27.5. The number of carbonyl (C=O) groups excluding carboxylic acids is 1. The van der Waals surface area contributed by atoms with E-state index < -0.39 is 0 Å². The van der Waals surface area contributed by atoms with Crippen LogP contribution in [-0.2, 0) is 4.79 Å². The minimum Gasteiger partial charge on any atom is -0.508 e. The molecule has 0 saturated carbocycles. The Labute approximate surface area is 192 Å². The van der Waals surface area contributed by atoms with Gasteiger partial charge in [-0.15, -0.1) is 0 Å². The van der Waals surface area contributed by atoms with E-state index in [1.54, 1.807) is 24.3 Å². The Balaban J connectivity index is 1.75. The highest BCUT2D eigenvalue weighted by Gasteiger charge is 2.02. The first-order valence-corrected chi connectivity index (χ1v) is 13.3. The van der Waals surface area contributed by atoms with Crippen LogP contribution in [0.25, 0.3) is 0 Å². The number of phenolic OH excluding ortho intramolecular Hbond substituents is 1. The fourth-order valence-corrected chi connectivity index (χ4v) is 4.13. The van der Waals surface area contributed by atoms with Gasteiger partial charge in [0.2, 0.25) is 5.91 Å².